The van der Waals surface area contributed by atoms with Gasteiger partial charge < -0.3 is 10.0 Å². The number of carbonyl (C=O) groups excluding carboxylic acids is 3. The Balaban J connectivity index is 1.87. The molecular weight excluding hydrogens is 336 g/mol. The van der Waals surface area contributed by atoms with Crippen molar-refractivity contribution in [3.05, 3.63) is 34.9 Å². The second kappa shape index (κ2) is 6.90. The van der Waals surface area contributed by atoms with Crippen molar-refractivity contribution in [2.45, 2.75) is 51.1 Å². The largest absolute Gasteiger partial charge is 0.480 e. The van der Waals surface area contributed by atoms with E-state index in [9.17, 15) is 19.2 Å². The van der Waals surface area contributed by atoms with E-state index in [2.05, 4.69) is 0 Å². The molecule has 1 aliphatic heterocycles. The Morgan fingerprint density at radius 1 is 1.12 bits per heavy atom. The normalized spacial score (nSPS) is 18.6. The fraction of sp³-hybridized carbons (Fsp3) is 0.474. The van der Waals surface area contributed by atoms with Crippen LogP contribution in [0, 0.1) is 0 Å². The molecule has 3 rings (SSSR count). The summed E-state index contributed by atoms with van der Waals surface area (Å²) in [5, 5.41) is 9.06. The van der Waals surface area contributed by atoms with E-state index in [1.165, 1.54) is 37.1 Å². The molecule has 0 bridgehead atoms. The molecule has 0 saturated heterocycles. The summed E-state index contributed by atoms with van der Waals surface area (Å²) in [5.74, 6) is -2.28. The summed E-state index contributed by atoms with van der Waals surface area (Å²) in [6.45, 7) is 1.41. The van der Waals surface area contributed by atoms with E-state index in [0.717, 1.165) is 37.0 Å². The number of imide groups is 1. The summed E-state index contributed by atoms with van der Waals surface area (Å²) < 4.78 is 0. The minimum atomic E-state index is -1.11. The number of amides is 3. The Morgan fingerprint density at radius 2 is 1.73 bits per heavy atom. The first-order valence-electron chi connectivity index (χ1n) is 8.85. The van der Waals surface area contributed by atoms with E-state index in [0.29, 0.717) is 5.56 Å². The lowest BCUT2D eigenvalue weighted by molar-refractivity contribution is -0.141. The number of aliphatic carboxylic acids is 1. The number of carboxylic acids is 1. The van der Waals surface area contributed by atoms with Crippen LogP contribution in [0.25, 0.3) is 0 Å². The van der Waals surface area contributed by atoms with Crippen LogP contribution in [0.4, 0.5) is 0 Å². The van der Waals surface area contributed by atoms with Crippen LogP contribution in [0.5, 0.6) is 0 Å². The van der Waals surface area contributed by atoms with Gasteiger partial charge in [-0.05, 0) is 38.0 Å². The SMILES string of the molecule is CC(C(=O)O)N(C)C(=O)c1ccc2c(c1)C(=O)N(C1CCCCC1)C2=O. The fourth-order valence-electron chi connectivity index (χ4n) is 3.61. The molecule has 1 aliphatic carbocycles. The van der Waals surface area contributed by atoms with Crippen LogP contribution in [0.1, 0.15) is 70.1 Å². The number of hydrogen-bond acceptors (Lipinski definition) is 4. The maximum absolute atomic E-state index is 12.8. The zero-order chi connectivity index (χ0) is 19.0. The molecule has 0 aromatic heterocycles. The predicted molar refractivity (Wildman–Crippen MR) is 93.0 cm³/mol. The molecule has 138 valence electrons. The van der Waals surface area contributed by atoms with Crippen LogP contribution in [-0.4, -0.2) is 57.7 Å². The highest BCUT2D eigenvalue weighted by Gasteiger charge is 2.40. The van der Waals surface area contributed by atoms with Gasteiger partial charge in [0.25, 0.3) is 17.7 Å². The summed E-state index contributed by atoms with van der Waals surface area (Å²) in [6.07, 6.45) is 4.75. The number of nitrogens with zero attached hydrogens (tertiary/aromatic N) is 2. The van der Waals surface area contributed by atoms with Crippen molar-refractivity contribution in [2.24, 2.45) is 0 Å². The minimum absolute atomic E-state index is 0.0787. The number of benzene rings is 1. The third-order valence-corrected chi connectivity index (χ3v) is 5.36. The number of carboxylic acid groups (broad SMARTS) is 1. The molecule has 0 spiro atoms. The molecule has 2 aliphatic rings. The Hall–Kier alpha value is -2.70. The van der Waals surface area contributed by atoms with E-state index in [-0.39, 0.29) is 29.0 Å². The molecule has 3 amide bonds. The number of hydrogen-bond donors (Lipinski definition) is 1. The molecule has 0 radical (unpaired) electrons. The van der Waals surface area contributed by atoms with Crippen LogP contribution in [0.15, 0.2) is 18.2 Å². The van der Waals surface area contributed by atoms with Gasteiger partial charge in [0.05, 0.1) is 11.1 Å². The molecule has 7 heteroatoms. The molecule has 1 heterocycles. The zero-order valence-electron chi connectivity index (χ0n) is 14.9. The Bertz CT molecular complexity index is 782. The van der Waals surface area contributed by atoms with Gasteiger partial charge >= 0.3 is 5.97 Å². The number of carbonyl (C=O) groups is 4. The standard InChI is InChI=1S/C19H22N2O5/c1-11(19(25)26)20(2)16(22)12-8-9-14-15(10-12)18(24)21(17(14)23)13-6-4-3-5-7-13/h8-11,13H,3-7H2,1-2H3,(H,25,26). The third kappa shape index (κ3) is 2.98. The van der Waals surface area contributed by atoms with Crippen LogP contribution in [0.2, 0.25) is 0 Å². The first kappa shape index (κ1) is 18.1. The van der Waals surface area contributed by atoms with Gasteiger partial charge in [0.2, 0.25) is 0 Å². The fourth-order valence-corrected chi connectivity index (χ4v) is 3.61. The average Bonchev–Trinajstić information content (AvgIpc) is 2.90. The average molecular weight is 358 g/mol. The van der Waals surface area contributed by atoms with Crippen LogP contribution in [0.3, 0.4) is 0 Å². The third-order valence-electron chi connectivity index (χ3n) is 5.36. The molecule has 1 N–H and O–H groups in total. The molecule has 1 atom stereocenters. The first-order valence-corrected chi connectivity index (χ1v) is 8.85. The monoisotopic (exact) mass is 358 g/mol. The van der Waals surface area contributed by atoms with Gasteiger partial charge in [-0.25, -0.2) is 4.79 Å². The topological polar surface area (TPSA) is 95.0 Å². The molecule has 26 heavy (non-hydrogen) atoms. The van der Waals surface area contributed by atoms with Crippen molar-refractivity contribution in [2.75, 3.05) is 7.05 Å². The predicted octanol–water partition coefficient (Wildman–Crippen LogP) is 2.16. The molecule has 1 aromatic rings. The van der Waals surface area contributed by atoms with Gasteiger partial charge in [-0.3, -0.25) is 19.3 Å². The van der Waals surface area contributed by atoms with Gasteiger partial charge in [-0.15, -0.1) is 0 Å². The van der Waals surface area contributed by atoms with E-state index in [4.69, 9.17) is 5.11 Å². The van der Waals surface area contributed by atoms with E-state index in [1.807, 2.05) is 0 Å². The quantitative estimate of drug-likeness (QED) is 0.832. The van der Waals surface area contributed by atoms with Crippen LogP contribution < -0.4 is 0 Å². The number of likely N-dealkylation sites (N-methyl/N-ethyl adjacent to an activating group) is 1. The lowest BCUT2D eigenvalue weighted by Gasteiger charge is -2.29. The lowest BCUT2D eigenvalue weighted by atomic mass is 9.94. The summed E-state index contributed by atoms with van der Waals surface area (Å²) in [7, 11) is 1.40. The Kier molecular flexibility index (Phi) is 4.80. The van der Waals surface area contributed by atoms with E-state index >= 15 is 0 Å². The highest BCUT2D eigenvalue weighted by molar-refractivity contribution is 6.22. The van der Waals surface area contributed by atoms with E-state index < -0.39 is 17.9 Å². The molecule has 1 aromatic carbocycles. The minimum Gasteiger partial charge on any atom is -0.480 e. The molecular formula is C19H22N2O5. The van der Waals surface area contributed by atoms with Crippen LogP contribution in [-0.2, 0) is 4.79 Å². The Labute approximate surface area is 151 Å². The van der Waals surface area contributed by atoms with Gasteiger partial charge in [0.1, 0.15) is 6.04 Å². The molecule has 7 nitrogen and oxygen atoms in total. The Morgan fingerprint density at radius 3 is 2.35 bits per heavy atom. The van der Waals surface area contributed by atoms with Gasteiger partial charge in [0, 0.05) is 18.7 Å². The van der Waals surface area contributed by atoms with Gasteiger partial charge in [-0.2, -0.15) is 0 Å². The van der Waals surface area contributed by atoms with Crippen molar-refractivity contribution in [1.29, 1.82) is 0 Å². The van der Waals surface area contributed by atoms with E-state index in [1.54, 1.807) is 0 Å². The smallest absolute Gasteiger partial charge is 0.326 e. The first-order chi connectivity index (χ1) is 12.3. The molecule has 1 saturated carbocycles. The van der Waals surface area contributed by atoms with Gasteiger partial charge in [-0.1, -0.05) is 19.3 Å². The highest BCUT2D eigenvalue weighted by atomic mass is 16.4. The van der Waals surface area contributed by atoms with Crippen LogP contribution >= 0.6 is 0 Å². The summed E-state index contributed by atoms with van der Waals surface area (Å²) >= 11 is 0. The van der Waals surface area contributed by atoms with Crippen molar-refractivity contribution in [3.63, 3.8) is 0 Å². The maximum atomic E-state index is 12.8. The van der Waals surface area contributed by atoms with Crippen molar-refractivity contribution in [3.8, 4) is 0 Å². The number of fused-ring (bicyclic) bond motifs is 1. The highest BCUT2D eigenvalue weighted by Crippen LogP contribution is 2.31. The summed E-state index contributed by atoms with van der Waals surface area (Å²) in [5.41, 5.74) is 0.736. The summed E-state index contributed by atoms with van der Waals surface area (Å²) in [6, 6.07) is 3.30. The molecule has 1 fully saturated rings. The van der Waals surface area contributed by atoms with Crippen molar-refractivity contribution in [1.82, 2.24) is 9.80 Å². The zero-order valence-corrected chi connectivity index (χ0v) is 14.9. The van der Waals surface area contributed by atoms with Gasteiger partial charge in [0.15, 0.2) is 0 Å². The van der Waals surface area contributed by atoms with Crippen molar-refractivity contribution < 1.29 is 24.3 Å². The van der Waals surface area contributed by atoms with Crippen molar-refractivity contribution >= 4 is 23.7 Å². The second-order valence-corrected chi connectivity index (χ2v) is 6.96. The summed E-state index contributed by atoms with van der Waals surface area (Å²) in [4.78, 5) is 51.5. The maximum Gasteiger partial charge on any atom is 0.326 e. The number of rotatable bonds is 4. The molecule has 1 unspecified atom stereocenters. The second-order valence-electron chi connectivity index (χ2n) is 6.96. The lowest BCUT2D eigenvalue weighted by Crippen LogP contribution is -2.41.